The number of amides is 1. The summed E-state index contributed by atoms with van der Waals surface area (Å²) in [6, 6.07) is 16.2. The fourth-order valence-corrected chi connectivity index (χ4v) is 2.71. The van der Waals surface area contributed by atoms with E-state index in [1.165, 1.54) is 24.0 Å². The zero-order chi connectivity index (χ0) is 15.5. The monoisotopic (exact) mass is 314 g/mol. The minimum absolute atomic E-state index is 0.383. The van der Waals surface area contributed by atoms with Crippen LogP contribution in [0.5, 0.6) is 0 Å². The maximum atomic E-state index is 11.1. The number of hydrogen-bond acceptors (Lipinski definition) is 2. The molecular formula is C18H19ClN2O. The summed E-state index contributed by atoms with van der Waals surface area (Å²) in [5, 5.41) is 0.767. The Hall–Kier alpha value is -1.84. The molecule has 0 saturated heterocycles. The van der Waals surface area contributed by atoms with E-state index < -0.39 is 0 Å². The number of rotatable bonds is 6. The van der Waals surface area contributed by atoms with Crippen LogP contribution in [0, 0.1) is 0 Å². The van der Waals surface area contributed by atoms with E-state index in [0.717, 1.165) is 18.1 Å². The number of carbonyl (C=O) groups is 1. The van der Waals surface area contributed by atoms with Crippen molar-refractivity contribution in [3.05, 3.63) is 70.2 Å². The van der Waals surface area contributed by atoms with Crippen LogP contribution < -0.4 is 5.73 Å². The Morgan fingerprint density at radius 3 is 1.95 bits per heavy atom. The van der Waals surface area contributed by atoms with Gasteiger partial charge < -0.3 is 5.73 Å². The maximum absolute atomic E-state index is 11.1. The number of nitrogens with zero attached hydrogens (tertiary/aromatic N) is 1. The smallest absolute Gasteiger partial charge is 0.248 e. The van der Waals surface area contributed by atoms with Crippen LogP contribution in [0.25, 0.3) is 0 Å². The molecule has 4 heteroatoms. The topological polar surface area (TPSA) is 46.3 Å². The van der Waals surface area contributed by atoms with Gasteiger partial charge in [-0.05, 0) is 48.2 Å². The number of halogens is 1. The minimum Gasteiger partial charge on any atom is -0.366 e. The zero-order valence-corrected chi connectivity index (χ0v) is 13.1. The van der Waals surface area contributed by atoms with Gasteiger partial charge in [0.1, 0.15) is 0 Å². The van der Waals surface area contributed by atoms with Gasteiger partial charge in [-0.15, -0.1) is 0 Å². The predicted molar refractivity (Wildman–Crippen MR) is 88.7 cm³/mol. The summed E-state index contributed by atoms with van der Waals surface area (Å²) >= 11 is 5.94. The first kappa shape index (κ1) is 15.1. The second-order valence-corrected chi connectivity index (χ2v) is 6.26. The van der Waals surface area contributed by atoms with Gasteiger partial charge in [0.15, 0.2) is 0 Å². The Labute approximate surface area is 135 Å². The van der Waals surface area contributed by atoms with Crippen LogP contribution in [-0.2, 0) is 13.1 Å². The second-order valence-electron chi connectivity index (χ2n) is 5.82. The van der Waals surface area contributed by atoms with Crippen LogP contribution in [0.1, 0.15) is 34.3 Å². The third kappa shape index (κ3) is 3.87. The lowest BCUT2D eigenvalue weighted by molar-refractivity contribution is 0.100. The molecule has 0 heterocycles. The van der Waals surface area contributed by atoms with E-state index >= 15 is 0 Å². The first-order chi connectivity index (χ1) is 10.6. The number of benzene rings is 2. The zero-order valence-electron chi connectivity index (χ0n) is 12.3. The van der Waals surface area contributed by atoms with E-state index in [0.29, 0.717) is 11.6 Å². The molecule has 3 nitrogen and oxygen atoms in total. The lowest BCUT2D eigenvalue weighted by atomic mass is 10.1. The van der Waals surface area contributed by atoms with E-state index in [-0.39, 0.29) is 5.91 Å². The predicted octanol–water partition coefficient (Wildman–Crippen LogP) is 3.60. The largest absolute Gasteiger partial charge is 0.366 e. The number of carbonyl (C=O) groups excluding carboxylic acids is 1. The molecule has 0 aromatic heterocycles. The van der Waals surface area contributed by atoms with Crippen molar-refractivity contribution in [3.63, 3.8) is 0 Å². The fourth-order valence-electron chi connectivity index (χ4n) is 2.59. The average molecular weight is 315 g/mol. The second kappa shape index (κ2) is 6.51. The van der Waals surface area contributed by atoms with Gasteiger partial charge in [-0.1, -0.05) is 35.9 Å². The van der Waals surface area contributed by atoms with Crippen molar-refractivity contribution in [2.45, 2.75) is 32.0 Å². The van der Waals surface area contributed by atoms with Gasteiger partial charge in [-0.2, -0.15) is 0 Å². The van der Waals surface area contributed by atoms with Gasteiger partial charge in [0.2, 0.25) is 5.91 Å². The van der Waals surface area contributed by atoms with Crippen molar-refractivity contribution in [2.75, 3.05) is 0 Å². The quantitative estimate of drug-likeness (QED) is 0.885. The molecule has 3 rings (SSSR count). The Morgan fingerprint density at radius 2 is 1.50 bits per heavy atom. The summed E-state index contributed by atoms with van der Waals surface area (Å²) in [5.74, 6) is -0.383. The molecular weight excluding hydrogens is 296 g/mol. The molecule has 2 N–H and O–H groups in total. The van der Waals surface area contributed by atoms with Crippen molar-refractivity contribution in [1.82, 2.24) is 4.90 Å². The highest BCUT2D eigenvalue weighted by molar-refractivity contribution is 6.30. The van der Waals surface area contributed by atoms with Crippen molar-refractivity contribution in [3.8, 4) is 0 Å². The van der Waals surface area contributed by atoms with Crippen molar-refractivity contribution < 1.29 is 4.79 Å². The van der Waals surface area contributed by atoms with Crippen molar-refractivity contribution >= 4 is 17.5 Å². The lowest BCUT2D eigenvalue weighted by Crippen LogP contribution is -2.25. The van der Waals surface area contributed by atoms with Gasteiger partial charge in [-0.3, -0.25) is 9.69 Å². The van der Waals surface area contributed by atoms with Crippen molar-refractivity contribution in [2.24, 2.45) is 5.73 Å². The Kier molecular flexibility index (Phi) is 4.46. The number of hydrogen-bond donors (Lipinski definition) is 1. The molecule has 22 heavy (non-hydrogen) atoms. The lowest BCUT2D eigenvalue weighted by Gasteiger charge is -2.22. The van der Waals surface area contributed by atoms with E-state index in [9.17, 15) is 4.79 Å². The summed E-state index contributed by atoms with van der Waals surface area (Å²) in [5.41, 5.74) is 8.30. The third-order valence-corrected chi connectivity index (χ3v) is 4.24. The molecule has 2 aromatic carbocycles. The SMILES string of the molecule is NC(=O)c1ccc(CN(Cc2ccc(Cl)cc2)C2CC2)cc1. The van der Waals surface area contributed by atoms with Gasteiger partial charge >= 0.3 is 0 Å². The molecule has 1 saturated carbocycles. The molecule has 1 fully saturated rings. The van der Waals surface area contributed by atoms with Gasteiger partial charge in [0, 0.05) is 29.7 Å². The summed E-state index contributed by atoms with van der Waals surface area (Å²) < 4.78 is 0. The first-order valence-electron chi connectivity index (χ1n) is 7.49. The maximum Gasteiger partial charge on any atom is 0.248 e. The third-order valence-electron chi connectivity index (χ3n) is 3.99. The van der Waals surface area contributed by atoms with Crippen LogP contribution in [0.2, 0.25) is 5.02 Å². The molecule has 0 unspecified atom stereocenters. The summed E-state index contributed by atoms with van der Waals surface area (Å²) in [4.78, 5) is 13.6. The first-order valence-corrected chi connectivity index (χ1v) is 7.87. The summed E-state index contributed by atoms with van der Waals surface area (Å²) in [6.07, 6.45) is 2.51. The number of nitrogens with two attached hydrogens (primary N) is 1. The van der Waals surface area contributed by atoms with Gasteiger partial charge in [-0.25, -0.2) is 0 Å². The molecule has 114 valence electrons. The highest BCUT2D eigenvalue weighted by Crippen LogP contribution is 2.30. The molecule has 0 bridgehead atoms. The van der Waals surface area contributed by atoms with Crippen molar-refractivity contribution in [1.29, 1.82) is 0 Å². The Balaban J connectivity index is 1.69. The highest BCUT2D eigenvalue weighted by atomic mass is 35.5. The standard InChI is InChI=1S/C18H19ClN2O/c19-16-7-3-14(4-8-16)12-21(17-9-10-17)11-13-1-5-15(6-2-13)18(20)22/h1-8,17H,9-12H2,(H2,20,22). The molecule has 1 aliphatic carbocycles. The molecule has 0 aliphatic heterocycles. The van der Waals surface area contributed by atoms with Gasteiger partial charge in [0.05, 0.1) is 0 Å². The fraction of sp³-hybridized carbons (Fsp3) is 0.278. The summed E-state index contributed by atoms with van der Waals surface area (Å²) in [6.45, 7) is 1.80. The average Bonchev–Trinajstić information content (AvgIpc) is 3.34. The molecule has 0 radical (unpaired) electrons. The molecule has 1 aliphatic rings. The van der Waals surface area contributed by atoms with E-state index in [2.05, 4.69) is 17.0 Å². The van der Waals surface area contributed by atoms with Crippen LogP contribution in [-0.4, -0.2) is 16.8 Å². The van der Waals surface area contributed by atoms with E-state index in [1.54, 1.807) is 12.1 Å². The number of primary amides is 1. The molecule has 2 aromatic rings. The molecule has 0 atom stereocenters. The van der Waals surface area contributed by atoms with E-state index in [4.69, 9.17) is 17.3 Å². The van der Waals surface area contributed by atoms with Crippen LogP contribution in [0.15, 0.2) is 48.5 Å². The van der Waals surface area contributed by atoms with E-state index in [1.807, 2.05) is 24.3 Å². The molecule has 0 spiro atoms. The van der Waals surface area contributed by atoms with Crippen LogP contribution in [0.4, 0.5) is 0 Å². The normalized spacial score (nSPS) is 14.3. The highest BCUT2D eigenvalue weighted by Gasteiger charge is 2.28. The Morgan fingerprint density at radius 1 is 1.00 bits per heavy atom. The van der Waals surface area contributed by atoms with Crippen LogP contribution >= 0.6 is 11.6 Å². The van der Waals surface area contributed by atoms with Crippen LogP contribution in [0.3, 0.4) is 0 Å². The van der Waals surface area contributed by atoms with Gasteiger partial charge in [0.25, 0.3) is 0 Å². The molecule has 1 amide bonds. The Bertz CT molecular complexity index is 648. The summed E-state index contributed by atoms with van der Waals surface area (Å²) in [7, 11) is 0. The minimum atomic E-state index is -0.383.